The van der Waals surface area contributed by atoms with Gasteiger partial charge < -0.3 is 35.0 Å². The van der Waals surface area contributed by atoms with Gasteiger partial charge >= 0.3 is 0 Å². The molecule has 3 atom stereocenters. The molecule has 18 rings (SSSR count). The second kappa shape index (κ2) is 33.5. The molecule has 2 aromatic carbocycles. The molecule has 2 N–H and O–H groups in total. The number of fused-ring (bicyclic) bond motifs is 3. The Balaban J connectivity index is 0.000000127. The van der Waals surface area contributed by atoms with Crippen molar-refractivity contribution in [2.75, 3.05) is 147 Å². The number of piperazine rings is 3. The Morgan fingerprint density at radius 2 is 0.812 bits per heavy atom. The largest absolute Gasteiger partial charge is 0.481 e. The van der Waals surface area contributed by atoms with Gasteiger partial charge in [0.1, 0.15) is 58.9 Å². The SMILES string of the molecule is CN1CCC(c2cc(-c3ccc(N4CCN(Cc5c(F)cccc5F)CC4)nc3)c3c(C#N)cnn3c2)C1.COc1ccc(CN2CCN(c3ccc(-c4cc(C5CCNC5)cn5ncc(C#N)c45)cn3)CC2)cn1.N#Cc1cnn2cc(C3CCNC3)cc(-c3ccc(N4CCN(Cc5c(F)cccc5F)CC4)nc3)c12. The number of likely N-dealkylation sites (N-methyl/N-ethyl adjacent to an activating group) is 1. The molecule has 0 amide bonds. The molecule has 27 heteroatoms. The number of likely N-dealkylation sites (tertiary alicyclic amines) is 1. The van der Waals surface area contributed by atoms with Crippen LogP contribution < -0.4 is 30.1 Å². The summed E-state index contributed by atoms with van der Waals surface area (Å²) in [5.41, 5.74) is 15.0. The molecular formula is C85H86F4N22O. The summed E-state index contributed by atoms with van der Waals surface area (Å²) in [5, 5.41) is 49.3. The fourth-order valence-electron chi connectivity index (χ4n) is 16.4. The van der Waals surface area contributed by atoms with E-state index in [1.165, 1.54) is 58.7 Å². The van der Waals surface area contributed by atoms with Gasteiger partial charge in [-0.1, -0.05) is 18.2 Å². The first-order valence-electron chi connectivity index (χ1n) is 38.3. The third-order valence-electron chi connectivity index (χ3n) is 22.8. The van der Waals surface area contributed by atoms with Crippen molar-refractivity contribution < 1.29 is 22.3 Å². The second-order valence-corrected chi connectivity index (χ2v) is 29.7. The van der Waals surface area contributed by atoms with Crippen LogP contribution in [0.4, 0.5) is 35.0 Å². The highest BCUT2D eigenvalue weighted by Crippen LogP contribution is 2.38. The highest BCUT2D eigenvalue weighted by Gasteiger charge is 2.29. The maximum atomic E-state index is 14.1. The zero-order chi connectivity index (χ0) is 76.8. The predicted molar refractivity (Wildman–Crippen MR) is 421 cm³/mol. The van der Waals surface area contributed by atoms with Gasteiger partial charge in [0.2, 0.25) is 5.88 Å². The van der Waals surface area contributed by atoms with Gasteiger partial charge in [0, 0.05) is 212 Å². The third-order valence-corrected chi connectivity index (χ3v) is 22.8. The number of nitriles is 3. The van der Waals surface area contributed by atoms with Crippen molar-refractivity contribution >= 4 is 34.0 Å². The normalized spacial score (nSPS) is 18.5. The van der Waals surface area contributed by atoms with E-state index in [1.54, 1.807) is 25.7 Å². The molecule has 16 heterocycles. The van der Waals surface area contributed by atoms with Gasteiger partial charge in [-0.3, -0.25) is 14.7 Å². The average Bonchev–Trinajstić information content (AvgIpc) is 1.61. The fraction of sp³-hybridized carbons (Fsp3) is 0.341. The average molecular weight is 1510 g/mol. The lowest BCUT2D eigenvalue weighted by Crippen LogP contribution is -2.46. The number of rotatable bonds is 16. The zero-order valence-electron chi connectivity index (χ0n) is 62.7. The maximum Gasteiger partial charge on any atom is 0.212 e. The molecule has 6 aliphatic rings. The van der Waals surface area contributed by atoms with Crippen molar-refractivity contribution in [3.63, 3.8) is 0 Å². The fourth-order valence-corrected chi connectivity index (χ4v) is 16.4. The minimum Gasteiger partial charge on any atom is -0.481 e. The lowest BCUT2D eigenvalue weighted by atomic mass is 9.95. The van der Waals surface area contributed by atoms with Crippen LogP contribution in [0.25, 0.3) is 49.9 Å². The molecule has 23 nitrogen and oxygen atoms in total. The number of methoxy groups -OCH3 is 1. The van der Waals surface area contributed by atoms with E-state index in [-0.39, 0.29) is 24.2 Å². The number of hydrogen-bond acceptors (Lipinski definition) is 20. The van der Waals surface area contributed by atoms with E-state index in [9.17, 15) is 33.3 Å². The number of hydrogen-bond donors (Lipinski definition) is 2. The lowest BCUT2D eigenvalue weighted by Gasteiger charge is -2.35. The quantitative estimate of drug-likeness (QED) is 0.0856. The second-order valence-electron chi connectivity index (χ2n) is 29.7. The molecule has 0 saturated carbocycles. The van der Waals surface area contributed by atoms with Gasteiger partial charge in [-0.05, 0) is 165 Å². The number of benzene rings is 2. The Hall–Kier alpha value is -11.7. The molecule has 0 spiro atoms. The molecule has 112 heavy (non-hydrogen) atoms. The van der Waals surface area contributed by atoms with Crippen LogP contribution in [0.5, 0.6) is 5.88 Å². The summed E-state index contributed by atoms with van der Waals surface area (Å²) in [6.45, 7) is 16.8. The van der Waals surface area contributed by atoms with Crippen LogP contribution in [0.2, 0.25) is 0 Å². The number of pyridine rings is 7. The van der Waals surface area contributed by atoms with Crippen LogP contribution in [0, 0.1) is 57.3 Å². The monoisotopic (exact) mass is 1510 g/mol. The van der Waals surface area contributed by atoms with Gasteiger partial charge in [-0.15, -0.1) is 0 Å². The molecule has 12 aromatic rings. The zero-order valence-corrected chi connectivity index (χ0v) is 62.7. The van der Waals surface area contributed by atoms with Crippen LogP contribution in [-0.4, -0.2) is 200 Å². The Bertz CT molecular complexity index is 5400. The summed E-state index contributed by atoms with van der Waals surface area (Å²) in [5.74, 6) is 2.65. The van der Waals surface area contributed by atoms with Crippen LogP contribution in [-0.2, 0) is 19.6 Å². The van der Waals surface area contributed by atoms with Crippen molar-refractivity contribution in [1.82, 2.24) is 79.0 Å². The van der Waals surface area contributed by atoms with Gasteiger partial charge in [0.05, 0.1) is 58.9 Å². The van der Waals surface area contributed by atoms with Crippen molar-refractivity contribution in [2.24, 2.45) is 0 Å². The van der Waals surface area contributed by atoms with Crippen LogP contribution >= 0.6 is 0 Å². The first kappa shape index (κ1) is 74.4. The summed E-state index contributed by atoms with van der Waals surface area (Å²) in [6.07, 6.45) is 21.9. The number of ether oxygens (including phenoxy) is 1. The maximum absolute atomic E-state index is 14.1. The Labute approximate surface area is 647 Å². The highest BCUT2D eigenvalue weighted by molar-refractivity contribution is 5.87. The van der Waals surface area contributed by atoms with E-state index < -0.39 is 23.3 Å². The van der Waals surface area contributed by atoms with Gasteiger partial charge in [-0.25, -0.2) is 51.0 Å². The molecule has 0 radical (unpaired) electrons. The molecule has 570 valence electrons. The van der Waals surface area contributed by atoms with Gasteiger partial charge in [0.25, 0.3) is 0 Å². The van der Waals surface area contributed by atoms with E-state index in [0.29, 0.717) is 66.5 Å². The molecule has 0 bridgehead atoms. The summed E-state index contributed by atoms with van der Waals surface area (Å²) < 4.78 is 66.9. The summed E-state index contributed by atoms with van der Waals surface area (Å²) in [7, 11) is 3.77. The molecule has 10 aromatic heterocycles. The van der Waals surface area contributed by atoms with Crippen molar-refractivity contribution in [3.8, 4) is 57.5 Å². The van der Waals surface area contributed by atoms with Gasteiger partial charge in [0.15, 0.2) is 0 Å². The Morgan fingerprint density at radius 1 is 0.429 bits per heavy atom. The minimum atomic E-state index is -0.500. The first-order valence-corrected chi connectivity index (χ1v) is 38.3. The van der Waals surface area contributed by atoms with Crippen LogP contribution in [0.15, 0.2) is 165 Å². The van der Waals surface area contributed by atoms with E-state index in [0.717, 1.165) is 185 Å². The van der Waals surface area contributed by atoms with Crippen LogP contribution in [0.3, 0.4) is 0 Å². The topological polar surface area (TPSA) is 231 Å². The summed E-state index contributed by atoms with van der Waals surface area (Å²) >= 11 is 0. The molecular weight excluding hydrogens is 1420 g/mol. The molecule has 6 fully saturated rings. The van der Waals surface area contributed by atoms with Crippen molar-refractivity contribution in [3.05, 3.63) is 238 Å². The van der Waals surface area contributed by atoms with Crippen molar-refractivity contribution in [1.29, 1.82) is 15.8 Å². The Kier molecular flexibility index (Phi) is 22.2. The number of nitrogens with zero attached hydrogens (tertiary/aromatic N) is 20. The molecule has 0 aliphatic carbocycles. The smallest absolute Gasteiger partial charge is 0.212 e. The predicted octanol–water partition coefficient (Wildman–Crippen LogP) is 11.3. The third kappa shape index (κ3) is 16.1. The van der Waals surface area contributed by atoms with Gasteiger partial charge in [-0.2, -0.15) is 31.1 Å². The molecule has 6 aliphatic heterocycles. The first-order chi connectivity index (χ1) is 54.8. The number of aromatic nitrogens is 10. The standard InChI is InChI=1S/C29H29F2N7.C28H27F2N7.C28H30N8O/c1-35-8-7-21(17-35)22-13-24(29-23(14-32)16-34-38(29)18-22)20-5-6-28(33-15-20)37-11-9-36(10-12-37)19-25-26(30)3-2-4-27(25)31;29-25-2-1-3-26(30)24(25)18-35-8-10-36(11-9-35)27-5-4-20(15-33-27)23-12-21(19-6-7-32-14-19)17-37-28(23)22(13-31)16-34-37;1-37-27-5-2-20(14-32-27)18-34-8-10-35(11-9-34)26-4-3-22(16-31-26)25-12-23(21-6-7-30-15-21)19-36-28(25)24(13-29)17-33-36/h2-6,13,15-16,18,21H,7-12,17,19H2,1H3;1-5,12,15-17,19,32H,6-11,14,18H2;2-5,12,14,16-17,19,21,30H,6-11,15,18H2,1H3. The number of nitrogens with one attached hydrogen (secondary N) is 2. The lowest BCUT2D eigenvalue weighted by molar-refractivity contribution is 0.242. The van der Waals surface area contributed by atoms with Crippen LogP contribution in [0.1, 0.15) is 87.1 Å². The molecule has 6 saturated heterocycles. The highest BCUT2D eigenvalue weighted by atomic mass is 19.1. The summed E-state index contributed by atoms with van der Waals surface area (Å²) in [6, 6.07) is 37.8. The van der Waals surface area contributed by atoms with E-state index in [1.807, 2.05) is 68.8 Å². The van der Waals surface area contributed by atoms with E-state index in [2.05, 4.69) is 145 Å². The van der Waals surface area contributed by atoms with E-state index >= 15 is 0 Å². The summed E-state index contributed by atoms with van der Waals surface area (Å²) in [4.78, 5) is 34.3. The number of anilines is 3. The number of halogens is 4. The van der Waals surface area contributed by atoms with E-state index in [4.69, 9.17) is 19.7 Å². The Morgan fingerprint density at radius 3 is 1.12 bits per heavy atom. The minimum absolute atomic E-state index is 0.122. The van der Waals surface area contributed by atoms with Crippen molar-refractivity contribution in [2.45, 2.75) is 56.7 Å². The molecule has 3 unspecified atom stereocenters.